The summed E-state index contributed by atoms with van der Waals surface area (Å²) >= 11 is 0. The first-order valence-electron chi connectivity index (χ1n) is 12.8. The van der Waals surface area contributed by atoms with E-state index in [1.807, 2.05) is 28.9 Å². The van der Waals surface area contributed by atoms with Crippen molar-refractivity contribution in [2.45, 2.75) is 45.4 Å². The molecule has 0 spiro atoms. The molecule has 0 saturated carbocycles. The van der Waals surface area contributed by atoms with E-state index in [9.17, 15) is 14.7 Å². The van der Waals surface area contributed by atoms with Crippen LogP contribution in [-0.4, -0.2) is 89.6 Å². The quantitative estimate of drug-likeness (QED) is 0.717. The van der Waals surface area contributed by atoms with Crippen LogP contribution in [0.1, 0.15) is 40.9 Å². The maximum atomic E-state index is 13.4. The van der Waals surface area contributed by atoms with Gasteiger partial charge in [-0.3, -0.25) is 14.5 Å². The van der Waals surface area contributed by atoms with Gasteiger partial charge in [0, 0.05) is 70.5 Å². The molecule has 0 aliphatic carbocycles. The van der Waals surface area contributed by atoms with Gasteiger partial charge in [-0.05, 0) is 54.7 Å². The number of fused-ring (bicyclic) bond motifs is 2. The number of β-amino-alcohol motifs (C(OH)–C–C–N with tert-alkyl or cyclic N) is 1. The summed E-state index contributed by atoms with van der Waals surface area (Å²) in [7, 11) is 0. The number of carbonyl (C=O) groups excluding carboxylic acids is 2. The van der Waals surface area contributed by atoms with Crippen molar-refractivity contribution in [1.82, 2.24) is 14.7 Å². The predicted molar refractivity (Wildman–Crippen MR) is 137 cm³/mol. The van der Waals surface area contributed by atoms with Crippen LogP contribution in [0.2, 0.25) is 0 Å². The number of anilines is 1. The topological polar surface area (TPSA) is 67.3 Å². The third-order valence-corrected chi connectivity index (χ3v) is 8.00. The number of aliphatic hydroxyl groups is 1. The monoisotopic (exact) mass is 476 g/mol. The van der Waals surface area contributed by atoms with E-state index in [-0.39, 0.29) is 17.9 Å². The second kappa shape index (κ2) is 9.99. The van der Waals surface area contributed by atoms with Crippen LogP contribution >= 0.6 is 0 Å². The van der Waals surface area contributed by atoms with Crippen molar-refractivity contribution in [3.05, 3.63) is 64.7 Å². The van der Waals surface area contributed by atoms with Crippen LogP contribution in [0.4, 0.5) is 5.69 Å². The zero-order valence-electron chi connectivity index (χ0n) is 20.8. The van der Waals surface area contributed by atoms with E-state index in [0.717, 1.165) is 68.9 Å². The van der Waals surface area contributed by atoms with E-state index in [1.165, 1.54) is 11.1 Å². The van der Waals surface area contributed by atoms with Crippen LogP contribution in [0.25, 0.3) is 0 Å². The minimum absolute atomic E-state index is 0.00902. The number of hydrogen-bond donors (Lipinski definition) is 1. The molecule has 0 aromatic heterocycles. The van der Waals surface area contributed by atoms with Gasteiger partial charge in [0.1, 0.15) is 0 Å². The third-order valence-electron chi connectivity index (χ3n) is 8.00. The molecule has 186 valence electrons. The molecule has 2 unspecified atom stereocenters. The number of hydrogen-bond acceptors (Lipinski definition) is 5. The van der Waals surface area contributed by atoms with Crippen molar-refractivity contribution < 1.29 is 14.7 Å². The highest BCUT2D eigenvalue weighted by Crippen LogP contribution is 2.27. The normalized spacial score (nSPS) is 20.3. The zero-order chi connectivity index (χ0) is 24.5. The molecule has 2 aromatic carbocycles. The van der Waals surface area contributed by atoms with Gasteiger partial charge < -0.3 is 19.8 Å². The first kappa shape index (κ1) is 23.8. The summed E-state index contributed by atoms with van der Waals surface area (Å²) in [4.78, 5) is 33.3. The fourth-order valence-corrected chi connectivity index (χ4v) is 5.69. The number of carbonyl (C=O) groups is 2. The van der Waals surface area contributed by atoms with Gasteiger partial charge in [-0.15, -0.1) is 0 Å². The molecule has 0 bridgehead atoms. The van der Waals surface area contributed by atoms with E-state index in [1.54, 1.807) is 6.92 Å². The summed E-state index contributed by atoms with van der Waals surface area (Å²) in [5.74, 6) is 0.136. The van der Waals surface area contributed by atoms with Crippen molar-refractivity contribution >= 4 is 17.5 Å². The lowest BCUT2D eigenvalue weighted by Crippen LogP contribution is -2.52. The third kappa shape index (κ3) is 4.93. The lowest BCUT2D eigenvalue weighted by atomic mass is 9.95. The fourth-order valence-electron chi connectivity index (χ4n) is 5.69. The average Bonchev–Trinajstić information content (AvgIpc) is 2.88. The Hall–Kier alpha value is -2.90. The van der Waals surface area contributed by atoms with Crippen molar-refractivity contribution in [1.29, 1.82) is 0 Å². The molecule has 7 heteroatoms. The number of aliphatic hydroxyl groups excluding tert-OH is 1. The minimum Gasteiger partial charge on any atom is -0.390 e. The highest BCUT2D eigenvalue weighted by atomic mass is 16.3. The van der Waals surface area contributed by atoms with Gasteiger partial charge >= 0.3 is 0 Å². The smallest absolute Gasteiger partial charge is 0.254 e. The van der Waals surface area contributed by atoms with Crippen molar-refractivity contribution in [2.75, 3.05) is 50.7 Å². The molecule has 1 fully saturated rings. The van der Waals surface area contributed by atoms with E-state index in [0.29, 0.717) is 13.1 Å². The minimum atomic E-state index is -0.595. The standard InChI is InChI=1S/C28H36N4O3/c1-20(27(34)19-29-11-9-22-5-3-4-6-24(22)18-29)32-12-10-23-17-25(7-8-26(23)28(32)35)31-15-13-30(14-16-31)21(2)33/h3-8,17,20,27,34H,9-16,18-19H2,1-2H3. The van der Waals surface area contributed by atoms with Crippen LogP contribution in [0.3, 0.4) is 0 Å². The van der Waals surface area contributed by atoms with Crippen LogP contribution in [-0.2, 0) is 24.2 Å². The summed E-state index contributed by atoms with van der Waals surface area (Å²) in [6.07, 6.45) is 1.19. The van der Waals surface area contributed by atoms with Gasteiger partial charge in [0.2, 0.25) is 5.91 Å². The molecule has 0 radical (unpaired) electrons. The van der Waals surface area contributed by atoms with E-state index in [4.69, 9.17) is 0 Å². The van der Waals surface area contributed by atoms with E-state index in [2.05, 4.69) is 40.1 Å². The van der Waals surface area contributed by atoms with Gasteiger partial charge in [0.05, 0.1) is 12.1 Å². The maximum absolute atomic E-state index is 13.4. The molecular formula is C28H36N4O3. The Morgan fingerprint density at radius 3 is 2.40 bits per heavy atom. The molecule has 35 heavy (non-hydrogen) atoms. The number of rotatable bonds is 5. The number of amides is 2. The summed E-state index contributed by atoms with van der Waals surface area (Å²) in [5, 5.41) is 11.0. The Morgan fingerprint density at radius 2 is 1.66 bits per heavy atom. The summed E-state index contributed by atoms with van der Waals surface area (Å²) in [6, 6.07) is 14.4. The number of piperazine rings is 1. The lowest BCUT2D eigenvalue weighted by Gasteiger charge is -2.39. The first-order chi connectivity index (χ1) is 16.9. The van der Waals surface area contributed by atoms with Gasteiger partial charge in [-0.25, -0.2) is 0 Å². The molecule has 1 N–H and O–H groups in total. The SMILES string of the molecule is CC(=O)N1CCN(c2ccc3c(c2)CCN(C(C)C(O)CN2CCc4ccccc4C2)C3=O)CC1. The fraction of sp³-hybridized carbons (Fsp3) is 0.500. The Kier molecular flexibility index (Phi) is 6.80. The van der Waals surface area contributed by atoms with E-state index >= 15 is 0 Å². The maximum Gasteiger partial charge on any atom is 0.254 e. The van der Waals surface area contributed by atoms with Crippen LogP contribution in [0.15, 0.2) is 42.5 Å². The Bertz CT molecular complexity index is 1100. The van der Waals surface area contributed by atoms with Gasteiger partial charge in [0.25, 0.3) is 5.91 Å². The number of benzene rings is 2. The van der Waals surface area contributed by atoms with E-state index < -0.39 is 6.10 Å². The Balaban J connectivity index is 1.21. The lowest BCUT2D eigenvalue weighted by molar-refractivity contribution is -0.129. The highest BCUT2D eigenvalue weighted by Gasteiger charge is 2.33. The largest absolute Gasteiger partial charge is 0.390 e. The molecule has 2 amide bonds. The molecule has 2 atom stereocenters. The van der Waals surface area contributed by atoms with Gasteiger partial charge in [0.15, 0.2) is 0 Å². The van der Waals surface area contributed by atoms with Gasteiger partial charge in [-0.2, -0.15) is 0 Å². The van der Waals surface area contributed by atoms with Crippen molar-refractivity contribution in [2.24, 2.45) is 0 Å². The Labute approximate surface area is 207 Å². The predicted octanol–water partition coefficient (Wildman–Crippen LogP) is 2.16. The molecule has 1 saturated heterocycles. The zero-order valence-corrected chi connectivity index (χ0v) is 20.8. The average molecular weight is 477 g/mol. The van der Waals surface area contributed by atoms with Crippen LogP contribution < -0.4 is 4.90 Å². The second-order valence-electron chi connectivity index (χ2n) is 10.1. The summed E-state index contributed by atoms with van der Waals surface area (Å²) in [5.41, 5.74) is 5.67. The molecule has 2 aromatic rings. The van der Waals surface area contributed by atoms with Crippen molar-refractivity contribution in [3.8, 4) is 0 Å². The summed E-state index contributed by atoms with van der Waals surface area (Å²) < 4.78 is 0. The molecule has 3 heterocycles. The molecule has 7 nitrogen and oxygen atoms in total. The van der Waals surface area contributed by atoms with Crippen molar-refractivity contribution in [3.63, 3.8) is 0 Å². The molecular weight excluding hydrogens is 440 g/mol. The molecule has 3 aliphatic rings. The Morgan fingerprint density at radius 1 is 0.943 bits per heavy atom. The van der Waals surface area contributed by atoms with Crippen LogP contribution in [0, 0.1) is 0 Å². The molecule has 5 rings (SSSR count). The van der Waals surface area contributed by atoms with Crippen LogP contribution in [0.5, 0.6) is 0 Å². The molecule has 3 aliphatic heterocycles. The highest BCUT2D eigenvalue weighted by molar-refractivity contribution is 5.97. The first-order valence-corrected chi connectivity index (χ1v) is 12.8. The second-order valence-corrected chi connectivity index (χ2v) is 10.1. The summed E-state index contributed by atoms with van der Waals surface area (Å²) in [6.45, 7) is 9.64. The van der Waals surface area contributed by atoms with Gasteiger partial charge in [-0.1, -0.05) is 24.3 Å². The number of nitrogens with zero attached hydrogens (tertiary/aromatic N) is 4.